The molecule has 0 amide bonds. The van der Waals surface area contributed by atoms with Crippen LogP contribution in [0.3, 0.4) is 0 Å². The van der Waals surface area contributed by atoms with Crippen LogP contribution in [0.2, 0.25) is 0 Å². The Morgan fingerprint density at radius 3 is 1.70 bits per heavy atom. The number of ketones is 1. The third kappa shape index (κ3) is 59.9. The van der Waals surface area contributed by atoms with E-state index in [-0.39, 0.29) is 12.4 Å². The molecule has 10 heavy (non-hydrogen) atoms. The van der Waals surface area contributed by atoms with Crippen LogP contribution >= 0.6 is 0 Å². The van der Waals surface area contributed by atoms with Gasteiger partial charge in [0.15, 0.2) is 5.78 Å². The highest BCUT2D eigenvalue weighted by atomic mass is 16.5. The van der Waals surface area contributed by atoms with E-state index in [1.807, 2.05) is 0 Å². The SMILES string of the molecule is CC(=O)O.COCC(C)=O. The van der Waals surface area contributed by atoms with E-state index in [0.717, 1.165) is 6.92 Å². The number of rotatable bonds is 2. The second-order valence-corrected chi connectivity index (χ2v) is 1.65. The molecular formula is C6H12O4. The fourth-order valence-electron chi connectivity index (χ4n) is 0.203. The highest BCUT2D eigenvalue weighted by molar-refractivity contribution is 5.76. The molecule has 0 saturated carbocycles. The van der Waals surface area contributed by atoms with E-state index in [9.17, 15) is 4.79 Å². The maximum Gasteiger partial charge on any atom is 0.300 e. The van der Waals surface area contributed by atoms with Gasteiger partial charge in [-0.3, -0.25) is 9.59 Å². The topological polar surface area (TPSA) is 63.6 Å². The van der Waals surface area contributed by atoms with Crippen molar-refractivity contribution in [2.24, 2.45) is 0 Å². The Morgan fingerprint density at radius 2 is 1.70 bits per heavy atom. The first-order chi connectivity index (χ1) is 4.50. The molecule has 0 aliphatic carbocycles. The van der Waals surface area contributed by atoms with Gasteiger partial charge in [-0.05, 0) is 6.92 Å². The normalized spacial score (nSPS) is 7.50. The third-order valence-electron chi connectivity index (χ3n) is 0.348. The molecule has 60 valence electrons. The molecule has 0 spiro atoms. The van der Waals surface area contributed by atoms with E-state index >= 15 is 0 Å². The summed E-state index contributed by atoms with van der Waals surface area (Å²) in [6.07, 6.45) is 0. The van der Waals surface area contributed by atoms with Crippen molar-refractivity contribution in [3.63, 3.8) is 0 Å². The van der Waals surface area contributed by atoms with Gasteiger partial charge in [-0.1, -0.05) is 0 Å². The molecule has 4 nitrogen and oxygen atoms in total. The van der Waals surface area contributed by atoms with Gasteiger partial charge in [0, 0.05) is 14.0 Å². The largest absolute Gasteiger partial charge is 0.481 e. The molecule has 0 saturated heterocycles. The van der Waals surface area contributed by atoms with Crippen molar-refractivity contribution >= 4 is 11.8 Å². The minimum absolute atomic E-state index is 0.0671. The standard InChI is InChI=1S/C4H8O2.C2H4O2/c1-4(5)3-6-2;1-2(3)4/h3H2,1-2H3;1H3,(H,3,4). The number of carboxylic acid groups (broad SMARTS) is 1. The fourth-order valence-corrected chi connectivity index (χ4v) is 0.203. The number of carboxylic acids is 1. The van der Waals surface area contributed by atoms with Crippen molar-refractivity contribution in [3.05, 3.63) is 0 Å². The zero-order chi connectivity index (χ0) is 8.57. The zero-order valence-corrected chi connectivity index (χ0v) is 6.38. The second kappa shape index (κ2) is 8.10. The molecule has 0 aromatic rings. The molecule has 0 unspecified atom stereocenters. The van der Waals surface area contributed by atoms with Crippen molar-refractivity contribution < 1.29 is 19.4 Å². The van der Waals surface area contributed by atoms with E-state index < -0.39 is 5.97 Å². The summed E-state index contributed by atoms with van der Waals surface area (Å²) >= 11 is 0. The molecule has 0 aliphatic rings. The number of hydrogen-bond acceptors (Lipinski definition) is 3. The van der Waals surface area contributed by atoms with E-state index in [0.29, 0.717) is 0 Å². The lowest BCUT2D eigenvalue weighted by Gasteiger charge is -1.84. The molecule has 0 bridgehead atoms. The molecule has 4 heteroatoms. The van der Waals surface area contributed by atoms with Gasteiger partial charge < -0.3 is 9.84 Å². The second-order valence-electron chi connectivity index (χ2n) is 1.65. The van der Waals surface area contributed by atoms with Crippen LogP contribution in [0.4, 0.5) is 0 Å². The van der Waals surface area contributed by atoms with Crippen LogP contribution in [0, 0.1) is 0 Å². The van der Waals surface area contributed by atoms with Crippen LogP contribution in [0.15, 0.2) is 0 Å². The molecule has 0 fully saturated rings. The summed E-state index contributed by atoms with van der Waals surface area (Å²) in [6, 6.07) is 0. The first kappa shape index (κ1) is 11.8. The number of Topliss-reactive ketones (excluding diaryl/α,β-unsaturated/α-hetero) is 1. The Balaban J connectivity index is 0. The Labute approximate surface area is 59.8 Å². The predicted molar refractivity (Wildman–Crippen MR) is 35.9 cm³/mol. The average molecular weight is 148 g/mol. The fraction of sp³-hybridized carbons (Fsp3) is 0.667. The van der Waals surface area contributed by atoms with Gasteiger partial charge in [0.2, 0.25) is 0 Å². The monoisotopic (exact) mass is 148 g/mol. The summed E-state index contributed by atoms with van der Waals surface area (Å²) in [6.45, 7) is 2.81. The number of carbonyl (C=O) groups is 2. The molecule has 0 aliphatic heterocycles. The van der Waals surface area contributed by atoms with Gasteiger partial charge in [0.1, 0.15) is 6.61 Å². The van der Waals surface area contributed by atoms with Crippen LogP contribution < -0.4 is 0 Å². The number of ether oxygens (including phenoxy) is 1. The number of hydrogen-bond donors (Lipinski definition) is 1. The predicted octanol–water partition coefficient (Wildman–Crippen LogP) is 0.313. The van der Waals surface area contributed by atoms with Crippen LogP contribution in [0.25, 0.3) is 0 Å². The highest BCUT2D eigenvalue weighted by Crippen LogP contribution is 1.65. The molecule has 0 atom stereocenters. The van der Waals surface area contributed by atoms with Crippen LogP contribution in [0.5, 0.6) is 0 Å². The minimum Gasteiger partial charge on any atom is -0.481 e. The first-order valence-corrected chi connectivity index (χ1v) is 2.68. The molecule has 0 radical (unpaired) electrons. The molecule has 0 rings (SSSR count). The van der Waals surface area contributed by atoms with E-state index in [1.165, 1.54) is 14.0 Å². The van der Waals surface area contributed by atoms with Crippen LogP contribution in [0.1, 0.15) is 13.8 Å². The van der Waals surface area contributed by atoms with Gasteiger partial charge in [-0.2, -0.15) is 0 Å². The average Bonchev–Trinajstić information content (AvgIpc) is 1.62. The summed E-state index contributed by atoms with van der Waals surface area (Å²) in [7, 11) is 1.50. The quantitative estimate of drug-likeness (QED) is 0.612. The molecule has 1 N–H and O–H groups in total. The maximum absolute atomic E-state index is 9.92. The zero-order valence-electron chi connectivity index (χ0n) is 6.38. The lowest BCUT2D eigenvalue weighted by molar-refractivity contribution is -0.134. The third-order valence-corrected chi connectivity index (χ3v) is 0.348. The van der Waals surface area contributed by atoms with E-state index in [4.69, 9.17) is 9.90 Å². The summed E-state index contributed by atoms with van der Waals surface area (Å²) in [5, 5.41) is 7.42. The Kier molecular flexibility index (Phi) is 9.59. The Morgan fingerprint density at radius 1 is 1.40 bits per heavy atom. The minimum atomic E-state index is -0.833. The van der Waals surface area contributed by atoms with Gasteiger partial charge in [0.25, 0.3) is 5.97 Å². The van der Waals surface area contributed by atoms with Crippen molar-refractivity contribution in [1.29, 1.82) is 0 Å². The molecule has 0 heterocycles. The van der Waals surface area contributed by atoms with Crippen LogP contribution in [-0.4, -0.2) is 30.6 Å². The highest BCUT2D eigenvalue weighted by Gasteiger charge is 1.83. The van der Waals surface area contributed by atoms with Crippen molar-refractivity contribution in [2.45, 2.75) is 13.8 Å². The summed E-state index contributed by atoms with van der Waals surface area (Å²) < 4.78 is 4.45. The van der Waals surface area contributed by atoms with Crippen molar-refractivity contribution in [3.8, 4) is 0 Å². The number of carbonyl (C=O) groups excluding carboxylic acids is 1. The van der Waals surface area contributed by atoms with Gasteiger partial charge >= 0.3 is 0 Å². The van der Waals surface area contributed by atoms with Gasteiger partial charge in [0.05, 0.1) is 0 Å². The molecule has 0 aromatic heterocycles. The van der Waals surface area contributed by atoms with Crippen molar-refractivity contribution in [1.82, 2.24) is 0 Å². The smallest absolute Gasteiger partial charge is 0.300 e. The number of methoxy groups -OCH3 is 1. The Bertz CT molecular complexity index is 104. The maximum atomic E-state index is 9.92. The number of aliphatic carboxylic acids is 1. The van der Waals surface area contributed by atoms with E-state index in [2.05, 4.69) is 4.74 Å². The van der Waals surface area contributed by atoms with Crippen molar-refractivity contribution in [2.75, 3.05) is 13.7 Å². The van der Waals surface area contributed by atoms with E-state index in [1.54, 1.807) is 0 Å². The first-order valence-electron chi connectivity index (χ1n) is 2.68. The molecule has 0 aromatic carbocycles. The Hall–Kier alpha value is -0.900. The molecular weight excluding hydrogens is 136 g/mol. The summed E-state index contributed by atoms with van der Waals surface area (Å²) in [5.74, 6) is -0.766. The van der Waals surface area contributed by atoms with Gasteiger partial charge in [-0.25, -0.2) is 0 Å². The summed E-state index contributed by atoms with van der Waals surface area (Å²) in [5.41, 5.74) is 0. The van der Waals surface area contributed by atoms with Crippen LogP contribution in [-0.2, 0) is 14.3 Å². The lowest BCUT2D eigenvalue weighted by atomic mass is 10.5. The van der Waals surface area contributed by atoms with Gasteiger partial charge in [-0.15, -0.1) is 0 Å². The lowest BCUT2D eigenvalue weighted by Crippen LogP contribution is -1.98. The summed E-state index contributed by atoms with van der Waals surface area (Å²) in [4.78, 5) is 18.9.